The monoisotopic (exact) mass is 274 g/mol. The van der Waals surface area contributed by atoms with Gasteiger partial charge in [-0.1, -0.05) is 74.1 Å². The predicted molar refractivity (Wildman–Crippen MR) is 86.7 cm³/mol. The summed E-state index contributed by atoms with van der Waals surface area (Å²) in [6.07, 6.45) is 25.5. The van der Waals surface area contributed by atoms with Crippen LogP contribution in [0, 0.1) is 0 Å². The first kappa shape index (κ1) is 18.2. The molecule has 0 aromatic rings. The Morgan fingerprint density at radius 1 is 0.800 bits per heavy atom. The number of carbonyl (C=O) groups is 1. The highest BCUT2D eigenvalue weighted by atomic mass is 16.4. The third-order valence-electron chi connectivity index (χ3n) is 2.55. The zero-order valence-electron chi connectivity index (χ0n) is 12.4. The molecule has 0 bridgehead atoms. The van der Waals surface area contributed by atoms with Crippen molar-refractivity contribution in [3.63, 3.8) is 0 Å². The van der Waals surface area contributed by atoms with Crippen LogP contribution >= 0.6 is 0 Å². The molecule has 0 radical (unpaired) electrons. The lowest BCUT2D eigenvalue weighted by Gasteiger charge is -1.94. The normalized spacial score (nSPS) is 12.8. The molecule has 0 heterocycles. The molecule has 0 atom stereocenters. The molecule has 0 fully saturated rings. The van der Waals surface area contributed by atoms with Gasteiger partial charge in [-0.05, 0) is 25.7 Å². The second kappa shape index (κ2) is 15.2. The highest BCUT2D eigenvalue weighted by Gasteiger charge is 1.94. The largest absolute Gasteiger partial charge is 0.481 e. The Labute approximate surface area is 122 Å². The van der Waals surface area contributed by atoms with Gasteiger partial charge in [-0.3, -0.25) is 4.79 Å². The number of hydrogen-bond acceptors (Lipinski definition) is 1. The third kappa shape index (κ3) is 16.2. The number of hydrogen-bond donors (Lipinski definition) is 1. The maximum absolute atomic E-state index is 10.3. The molecule has 0 aliphatic heterocycles. The molecule has 1 N–H and O–H groups in total. The number of unbranched alkanes of at least 4 members (excludes halogenated alkanes) is 3. The fourth-order valence-corrected chi connectivity index (χ4v) is 1.49. The van der Waals surface area contributed by atoms with Crippen LogP contribution in [0.3, 0.4) is 0 Å². The van der Waals surface area contributed by atoms with Gasteiger partial charge in [-0.15, -0.1) is 0 Å². The molecule has 0 saturated heterocycles. The lowest BCUT2D eigenvalue weighted by molar-refractivity contribution is -0.137. The smallest absolute Gasteiger partial charge is 0.303 e. The van der Waals surface area contributed by atoms with Crippen molar-refractivity contribution in [2.75, 3.05) is 0 Å². The van der Waals surface area contributed by atoms with E-state index in [-0.39, 0.29) is 6.42 Å². The summed E-state index contributed by atoms with van der Waals surface area (Å²) >= 11 is 0. The molecule has 0 aromatic carbocycles. The van der Waals surface area contributed by atoms with Crippen LogP contribution < -0.4 is 0 Å². The summed E-state index contributed by atoms with van der Waals surface area (Å²) in [5.41, 5.74) is 0. The van der Waals surface area contributed by atoms with E-state index in [2.05, 4.69) is 19.1 Å². The Hall–Kier alpha value is -1.83. The van der Waals surface area contributed by atoms with Crippen LogP contribution in [-0.2, 0) is 4.79 Å². The van der Waals surface area contributed by atoms with E-state index in [0.29, 0.717) is 0 Å². The van der Waals surface area contributed by atoms with Crippen LogP contribution in [0.4, 0.5) is 0 Å². The number of aliphatic carboxylic acids is 1. The Bertz CT molecular complexity index is 371. The van der Waals surface area contributed by atoms with Crippen molar-refractivity contribution in [1.82, 2.24) is 0 Å². The molecule has 2 heteroatoms. The summed E-state index contributed by atoms with van der Waals surface area (Å²) in [6.45, 7) is 2.11. The van der Waals surface area contributed by atoms with Gasteiger partial charge in [0.2, 0.25) is 0 Å². The van der Waals surface area contributed by atoms with Crippen molar-refractivity contribution in [3.05, 3.63) is 60.8 Å². The highest BCUT2D eigenvalue weighted by Crippen LogP contribution is 2.03. The average Bonchev–Trinajstić information content (AvgIpc) is 2.43. The minimum Gasteiger partial charge on any atom is -0.481 e. The van der Waals surface area contributed by atoms with Gasteiger partial charge in [0, 0.05) is 6.42 Å². The van der Waals surface area contributed by atoms with Gasteiger partial charge in [0.25, 0.3) is 0 Å². The van der Waals surface area contributed by atoms with Crippen molar-refractivity contribution in [3.8, 4) is 0 Å². The van der Waals surface area contributed by atoms with E-state index in [1.54, 1.807) is 0 Å². The Kier molecular flexibility index (Phi) is 13.8. The van der Waals surface area contributed by atoms with Crippen LogP contribution in [0.25, 0.3) is 0 Å². The second-order valence-electron chi connectivity index (χ2n) is 4.41. The fourth-order valence-electron chi connectivity index (χ4n) is 1.49. The minimum absolute atomic E-state index is 0.287. The van der Waals surface area contributed by atoms with Gasteiger partial charge in [-0.2, -0.15) is 0 Å². The molecule has 0 saturated carbocycles. The minimum atomic E-state index is -0.700. The van der Waals surface area contributed by atoms with Gasteiger partial charge in [0.05, 0.1) is 0 Å². The summed E-state index contributed by atoms with van der Waals surface area (Å²) in [6, 6.07) is 0. The van der Waals surface area contributed by atoms with Gasteiger partial charge in [0.1, 0.15) is 0 Å². The van der Waals surface area contributed by atoms with Crippen LogP contribution in [0.1, 0.15) is 45.4 Å². The molecule has 0 aliphatic rings. The molecule has 20 heavy (non-hydrogen) atoms. The first-order chi connectivity index (χ1) is 9.77. The number of allylic oxidation sites excluding steroid dienone is 10. The molecular weight excluding hydrogens is 248 g/mol. The summed E-state index contributed by atoms with van der Waals surface area (Å²) in [5, 5.41) is 8.48. The Morgan fingerprint density at radius 2 is 1.35 bits per heavy atom. The zero-order valence-corrected chi connectivity index (χ0v) is 12.4. The molecule has 110 valence electrons. The maximum Gasteiger partial charge on any atom is 0.303 e. The molecular formula is C18H26O2. The second-order valence-corrected chi connectivity index (χ2v) is 4.41. The van der Waals surface area contributed by atoms with Crippen molar-refractivity contribution in [1.29, 1.82) is 0 Å². The van der Waals surface area contributed by atoms with Gasteiger partial charge in [0.15, 0.2) is 0 Å². The first-order valence-electron chi connectivity index (χ1n) is 7.30. The lowest BCUT2D eigenvalue weighted by Crippen LogP contribution is -1.93. The van der Waals surface area contributed by atoms with Crippen molar-refractivity contribution in [2.45, 2.75) is 45.4 Å². The summed E-state index contributed by atoms with van der Waals surface area (Å²) in [4.78, 5) is 10.3. The van der Waals surface area contributed by atoms with E-state index in [0.717, 1.165) is 32.1 Å². The Balaban J connectivity index is 3.52. The molecule has 0 aromatic heterocycles. The summed E-state index contributed by atoms with van der Waals surface area (Å²) in [7, 11) is 0. The molecule has 0 aliphatic carbocycles. The maximum atomic E-state index is 10.3. The lowest BCUT2D eigenvalue weighted by atomic mass is 10.1. The molecule has 0 spiro atoms. The Morgan fingerprint density at radius 3 is 1.90 bits per heavy atom. The molecule has 0 amide bonds. The van der Waals surface area contributed by atoms with Crippen molar-refractivity contribution in [2.24, 2.45) is 0 Å². The van der Waals surface area contributed by atoms with E-state index >= 15 is 0 Å². The highest BCUT2D eigenvalue weighted by molar-refractivity contribution is 5.66. The van der Waals surface area contributed by atoms with Crippen LogP contribution in [0.5, 0.6) is 0 Å². The number of rotatable bonds is 11. The fraction of sp³-hybridized carbons (Fsp3) is 0.389. The average molecular weight is 274 g/mol. The third-order valence-corrected chi connectivity index (χ3v) is 2.55. The molecule has 0 unspecified atom stereocenters. The quantitative estimate of drug-likeness (QED) is 0.414. The van der Waals surface area contributed by atoms with Crippen LogP contribution in [-0.4, -0.2) is 11.1 Å². The van der Waals surface area contributed by atoms with E-state index in [4.69, 9.17) is 5.11 Å². The van der Waals surface area contributed by atoms with E-state index in [1.165, 1.54) is 0 Å². The molecule has 2 nitrogen and oxygen atoms in total. The first-order valence-corrected chi connectivity index (χ1v) is 7.30. The van der Waals surface area contributed by atoms with E-state index in [1.807, 2.05) is 48.6 Å². The zero-order chi connectivity index (χ0) is 14.9. The SMILES string of the molecule is CC/C=C/C=C/C=C\C=C/C=C/CCCCCC(=O)O. The van der Waals surface area contributed by atoms with E-state index < -0.39 is 5.97 Å². The van der Waals surface area contributed by atoms with Crippen LogP contribution in [0.15, 0.2) is 60.8 Å². The van der Waals surface area contributed by atoms with Gasteiger partial charge < -0.3 is 5.11 Å². The standard InChI is InChI=1S/C18H26O2/c1-2-3-4-5-6-7-8-9-10-11-12-13-14-15-16-17-18(19)20/h3-12H,2,13-17H2,1H3,(H,19,20)/b4-3+,6-5+,8-7-,10-9-,12-11+. The van der Waals surface area contributed by atoms with Gasteiger partial charge in [-0.25, -0.2) is 0 Å². The van der Waals surface area contributed by atoms with Crippen molar-refractivity contribution >= 4 is 5.97 Å². The summed E-state index contributed by atoms with van der Waals surface area (Å²) in [5.74, 6) is -0.700. The van der Waals surface area contributed by atoms with Gasteiger partial charge >= 0.3 is 5.97 Å². The molecule has 0 rings (SSSR count). The number of carboxylic acids is 1. The number of carboxylic acid groups (broad SMARTS) is 1. The topological polar surface area (TPSA) is 37.3 Å². The van der Waals surface area contributed by atoms with Crippen molar-refractivity contribution < 1.29 is 9.90 Å². The van der Waals surface area contributed by atoms with E-state index in [9.17, 15) is 4.79 Å². The van der Waals surface area contributed by atoms with Crippen LogP contribution in [0.2, 0.25) is 0 Å². The predicted octanol–water partition coefficient (Wildman–Crippen LogP) is 5.21. The summed E-state index contributed by atoms with van der Waals surface area (Å²) < 4.78 is 0.